The van der Waals surface area contributed by atoms with Gasteiger partial charge in [0, 0.05) is 21.1 Å². The van der Waals surface area contributed by atoms with Gasteiger partial charge < -0.3 is 0 Å². The molecule has 3 rings (SSSR count). The van der Waals surface area contributed by atoms with Gasteiger partial charge in [0.1, 0.15) is 16.5 Å². The van der Waals surface area contributed by atoms with Crippen LogP contribution in [0.2, 0.25) is 0 Å². The van der Waals surface area contributed by atoms with Crippen molar-refractivity contribution in [2.24, 2.45) is 0 Å². The van der Waals surface area contributed by atoms with Crippen LogP contribution in [0.5, 0.6) is 0 Å². The Labute approximate surface area is 129 Å². The fraction of sp³-hybridized carbons (Fsp3) is 0.133. The molecule has 0 spiro atoms. The molecule has 0 unspecified atom stereocenters. The highest BCUT2D eigenvalue weighted by atomic mass is 79.9. The Morgan fingerprint density at radius 3 is 2.45 bits per heavy atom. The van der Waals surface area contributed by atoms with Crippen LogP contribution >= 0.6 is 27.3 Å². The van der Waals surface area contributed by atoms with E-state index in [2.05, 4.69) is 45.0 Å². The molecule has 0 amide bonds. The third kappa shape index (κ3) is 2.64. The van der Waals surface area contributed by atoms with Crippen molar-refractivity contribution in [3.8, 4) is 22.0 Å². The summed E-state index contributed by atoms with van der Waals surface area (Å²) in [5.74, 6) is 0.764. The first-order chi connectivity index (χ1) is 9.63. The number of aromatic nitrogens is 3. The summed E-state index contributed by atoms with van der Waals surface area (Å²) in [6.45, 7) is 3.98. The van der Waals surface area contributed by atoms with Crippen LogP contribution in [0.1, 0.15) is 10.7 Å². The third-order valence-electron chi connectivity index (χ3n) is 2.91. The summed E-state index contributed by atoms with van der Waals surface area (Å²) in [4.78, 5) is 14.5. The van der Waals surface area contributed by atoms with Gasteiger partial charge in [0.25, 0.3) is 0 Å². The predicted octanol–water partition coefficient (Wildman–Crippen LogP) is 4.65. The molecule has 2 heterocycles. The summed E-state index contributed by atoms with van der Waals surface area (Å²) in [6.07, 6.45) is 1.77. The summed E-state index contributed by atoms with van der Waals surface area (Å²) in [6, 6.07) is 10.1. The number of rotatable bonds is 2. The lowest BCUT2D eigenvalue weighted by Gasteiger charge is -1.98. The molecule has 0 aliphatic heterocycles. The fourth-order valence-electron chi connectivity index (χ4n) is 1.96. The summed E-state index contributed by atoms with van der Waals surface area (Å²) < 4.78 is 1.07. The number of hydrogen-bond acceptors (Lipinski definition) is 4. The molecule has 2 aromatic heterocycles. The van der Waals surface area contributed by atoms with Crippen molar-refractivity contribution in [1.82, 2.24) is 15.0 Å². The molecule has 100 valence electrons. The Kier molecular flexibility index (Phi) is 3.63. The van der Waals surface area contributed by atoms with Crippen molar-refractivity contribution in [3.05, 3.63) is 51.7 Å². The number of thiazole rings is 1. The van der Waals surface area contributed by atoms with E-state index in [-0.39, 0.29) is 0 Å². The van der Waals surface area contributed by atoms with Gasteiger partial charge in [-0.25, -0.2) is 15.0 Å². The van der Waals surface area contributed by atoms with Crippen LogP contribution in [0.3, 0.4) is 0 Å². The van der Waals surface area contributed by atoms with Crippen LogP contribution in [-0.2, 0) is 0 Å². The Bertz CT molecular complexity index is 750. The Morgan fingerprint density at radius 1 is 1.00 bits per heavy atom. The predicted molar refractivity (Wildman–Crippen MR) is 85.8 cm³/mol. The molecule has 5 heteroatoms. The molecule has 0 N–H and O–H groups in total. The topological polar surface area (TPSA) is 38.7 Å². The Hall–Kier alpha value is -1.59. The minimum atomic E-state index is 0.764. The first-order valence-electron chi connectivity index (χ1n) is 6.17. The molecule has 0 aliphatic rings. The standard InChI is InChI=1S/C15H12BrN3S/c1-9-14(11-3-5-12(16)6-4-11)19-15(20-9)13-7-8-17-10(2)18-13/h3-8H,1-2H3. The van der Waals surface area contributed by atoms with Gasteiger partial charge in [0.2, 0.25) is 0 Å². The van der Waals surface area contributed by atoms with Crippen molar-refractivity contribution >= 4 is 27.3 Å². The molecule has 0 saturated heterocycles. The highest BCUT2D eigenvalue weighted by Crippen LogP contribution is 2.32. The lowest BCUT2D eigenvalue weighted by Crippen LogP contribution is -1.89. The molecule has 0 saturated carbocycles. The Morgan fingerprint density at radius 2 is 1.75 bits per heavy atom. The maximum atomic E-state index is 4.73. The van der Waals surface area contributed by atoms with Crippen molar-refractivity contribution < 1.29 is 0 Å². The maximum absolute atomic E-state index is 4.73. The minimum absolute atomic E-state index is 0.764. The van der Waals surface area contributed by atoms with Gasteiger partial charge in [0.15, 0.2) is 0 Å². The van der Waals surface area contributed by atoms with Gasteiger partial charge >= 0.3 is 0 Å². The Balaban J connectivity index is 2.05. The second-order valence-electron chi connectivity index (χ2n) is 4.42. The smallest absolute Gasteiger partial charge is 0.142 e. The SMILES string of the molecule is Cc1nccc(-c2nc(-c3ccc(Br)cc3)c(C)s2)n1. The average molecular weight is 346 g/mol. The van der Waals surface area contributed by atoms with E-state index in [1.807, 2.05) is 25.1 Å². The molecule has 0 bridgehead atoms. The summed E-state index contributed by atoms with van der Waals surface area (Å²) in [5.41, 5.74) is 3.03. The van der Waals surface area contributed by atoms with E-state index in [4.69, 9.17) is 4.98 Å². The van der Waals surface area contributed by atoms with Crippen LogP contribution in [-0.4, -0.2) is 15.0 Å². The van der Waals surface area contributed by atoms with Gasteiger partial charge in [-0.05, 0) is 32.0 Å². The maximum Gasteiger partial charge on any atom is 0.142 e. The molecule has 3 aromatic rings. The van der Waals surface area contributed by atoms with Gasteiger partial charge in [-0.1, -0.05) is 28.1 Å². The summed E-state index contributed by atoms with van der Waals surface area (Å²) in [5, 5.41) is 0.936. The molecule has 0 radical (unpaired) electrons. The van der Waals surface area contributed by atoms with Crippen LogP contribution in [0.15, 0.2) is 41.0 Å². The van der Waals surface area contributed by atoms with Gasteiger partial charge in [-0.3, -0.25) is 0 Å². The monoisotopic (exact) mass is 345 g/mol. The second kappa shape index (κ2) is 5.42. The van der Waals surface area contributed by atoms with Crippen LogP contribution in [0, 0.1) is 13.8 Å². The number of benzene rings is 1. The number of aryl methyl sites for hydroxylation is 2. The quantitative estimate of drug-likeness (QED) is 0.678. The van der Waals surface area contributed by atoms with Crippen LogP contribution in [0.25, 0.3) is 22.0 Å². The van der Waals surface area contributed by atoms with E-state index < -0.39 is 0 Å². The van der Waals surface area contributed by atoms with Crippen molar-refractivity contribution in [3.63, 3.8) is 0 Å². The van der Waals surface area contributed by atoms with Crippen molar-refractivity contribution in [2.45, 2.75) is 13.8 Å². The zero-order chi connectivity index (χ0) is 14.1. The van der Waals surface area contributed by atoms with Gasteiger partial charge in [0.05, 0.1) is 5.69 Å². The molecular weight excluding hydrogens is 334 g/mol. The molecule has 0 aliphatic carbocycles. The summed E-state index contributed by atoms with van der Waals surface area (Å²) >= 11 is 5.11. The van der Waals surface area contributed by atoms with E-state index in [1.54, 1.807) is 17.5 Å². The number of halogens is 1. The minimum Gasteiger partial charge on any atom is -0.242 e. The van der Waals surface area contributed by atoms with Gasteiger partial charge in [-0.15, -0.1) is 11.3 Å². The van der Waals surface area contributed by atoms with Crippen molar-refractivity contribution in [1.29, 1.82) is 0 Å². The normalized spacial score (nSPS) is 10.8. The molecular formula is C15H12BrN3S. The molecule has 0 fully saturated rings. The second-order valence-corrected chi connectivity index (χ2v) is 6.54. The molecule has 0 atom stereocenters. The van der Waals surface area contributed by atoms with Crippen LogP contribution < -0.4 is 0 Å². The fourth-order valence-corrected chi connectivity index (χ4v) is 3.13. The lowest BCUT2D eigenvalue weighted by molar-refractivity contribution is 1.06. The van der Waals surface area contributed by atoms with E-state index in [0.717, 1.165) is 32.3 Å². The van der Waals surface area contributed by atoms with E-state index in [9.17, 15) is 0 Å². The summed E-state index contributed by atoms with van der Waals surface area (Å²) in [7, 11) is 0. The van der Waals surface area contributed by atoms with Crippen LogP contribution in [0.4, 0.5) is 0 Å². The highest BCUT2D eigenvalue weighted by Gasteiger charge is 2.12. The number of hydrogen-bond donors (Lipinski definition) is 0. The van der Waals surface area contributed by atoms with Gasteiger partial charge in [-0.2, -0.15) is 0 Å². The number of nitrogens with zero attached hydrogens (tertiary/aromatic N) is 3. The average Bonchev–Trinajstić information content (AvgIpc) is 2.82. The third-order valence-corrected chi connectivity index (χ3v) is 4.43. The van der Waals surface area contributed by atoms with E-state index in [0.29, 0.717) is 0 Å². The molecule has 20 heavy (non-hydrogen) atoms. The van der Waals surface area contributed by atoms with E-state index >= 15 is 0 Å². The molecule has 1 aromatic carbocycles. The zero-order valence-electron chi connectivity index (χ0n) is 11.1. The largest absolute Gasteiger partial charge is 0.242 e. The zero-order valence-corrected chi connectivity index (χ0v) is 13.5. The first-order valence-corrected chi connectivity index (χ1v) is 7.78. The van der Waals surface area contributed by atoms with Crippen molar-refractivity contribution in [2.75, 3.05) is 0 Å². The molecule has 3 nitrogen and oxygen atoms in total. The first kappa shape index (κ1) is 13.4. The lowest BCUT2D eigenvalue weighted by atomic mass is 10.1. The van der Waals surface area contributed by atoms with E-state index in [1.165, 1.54) is 4.88 Å². The highest BCUT2D eigenvalue weighted by molar-refractivity contribution is 9.10.